The third-order valence-corrected chi connectivity index (χ3v) is 2.87. The van der Waals surface area contributed by atoms with Crippen molar-refractivity contribution in [3.63, 3.8) is 0 Å². The van der Waals surface area contributed by atoms with Crippen molar-refractivity contribution in [3.8, 4) is 5.75 Å². The van der Waals surface area contributed by atoms with E-state index in [1.807, 2.05) is 6.26 Å². The zero-order valence-corrected chi connectivity index (χ0v) is 9.58. The van der Waals surface area contributed by atoms with Gasteiger partial charge in [-0.1, -0.05) is 18.2 Å². The molecule has 0 amide bonds. The molecule has 0 aliphatic carbocycles. The highest BCUT2D eigenvalue weighted by Gasteiger charge is 2.23. The van der Waals surface area contributed by atoms with Gasteiger partial charge in [0.1, 0.15) is 11.0 Å². The van der Waals surface area contributed by atoms with E-state index in [0.717, 1.165) is 0 Å². The minimum absolute atomic E-state index is 0.130. The topological polar surface area (TPSA) is 46.5 Å². The van der Waals surface area contributed by atoms with Gasteiger partial charge in [-0.25, -0.2) is 0 Å². The average molecular weight is 226 g/mol. The maximum Gasteiger partial charge on any atom is 0.323 e. The molecule has 0 heterocycles. The van der Waals surface area contributed by atoms with Crippen molar-refractivity contribution in [3.05, 3.63) is 29.8 Å². The van der Waals surface area contributed by atoms with Crippen LogP contribution >= 0.6 is 11.8 Å². The number of aromatic hydroxyl groups is 1. The van der Waals surface area contributed by atoms with Crippen molar-refractivity contribution in [1.29, 1.82) is 0 Å². The summed E-state index contributed by atoms with van der Waals surface area (Å²) >= 11 is 1.35. The highest BCUT2D eigenvalue weighted by Crippen LogP contribution is 2.33. The average Bonchev–Trinajstić information content (AvgIpc) is 2.22. The zero-order chi connectivity index (χ0) is 11.3. The van der Waals surface area contributed by atoms with E-state index >= 15 is 0 Å². The number of hydrogen-bond donors (Lipinski definition) is 1. The predicted molar refractivity (Wildman–Crippen MR) is 61.0 cm³/mol. The minimum Gasteiger partial charge on any atom is -0.508 e. The van der Waals surface area contributed by atoms with Crippen molar-refractivity contribution in [2.45, 2.75) is 12.2 Å². The SMILES string of the molecule is CCOC(=O)C(SC)c1ccccc1O. The molecule has 0 aliphatic rings. The largest absolute Gasteiger partial charge is 0.508 e. The van der Waals surface area contributed by atoms with Gasteiger partial charge in [0.25, 0.3) is 0 Å². The second-order valence-corrected chi connectivity index (χ2v) is 3.87. The van der Waals surface area contributed by atoms with Crippen molar-refractivity contribution >= 4 is 17.7 Å². The standard InChI is InChI=1S/C11H14O3S/c1-3-14-11(13)10(15-2)8-6-4-5-7-9(8)12/h4-7,10,12H,3H2,1-2H3. The van der Waals surface area contributed by atoms with E-state index in [-0.39, 0.29) is 11.7 Å². The van der Waals surface area contributed by atoms with Crippen LogP contribution in [0, 0.1) is 0 Å². The molecule has 1 aromatic carbocycles. The van der Waals surface area contributed by atoms with Gasteiger partial charge in [-0.2, -0.15) is 0 Å². The third-order valence-electron chi connectivity index (χ3n) is 1.96. The van der Waals surface area contributed by atoms with Crippen molar-refractivity contribution in [2.24, 2.45) is 0 Å². The summed E-state index contributed by atoms with van der Waals surface area (Å²) in [7, 11) is 0. The first-order valence-corrected chi connectivity index (χ1v) is 5.96. The van der Waals surface area contributed by atoms with Gasteiger partial charge in [0, 0.05) is 5.56 Å². The Morgan fingerprint density at radius 1 is 1.53 bits per heavy atom. The number of carbonyl (C=O) groups excluding carboxylic acids is 1. The molecule has 0 aromatic heterocycles. The molecule has 15 heavy (non-hydrogen) atoms. The smallest absolute Gasteiger partial charge is 0.323 e. The number of phenols is 1. The van der Waals surface area contributed by atoms with Gasteiger partial charge in [0.05, 0.1) is 6.61 Å². The number of ether oxygens (including phenoxy) is 1. The molecular formula is C11H14O3S. The fraction of sp³-hybridized carbons (Fsp3) is 0.364. The molecule has 0 bridgehead atoms. The third kappa shape index (κ3) is 2.89. The molecule has 0 fully saturated rings. The van der Waals surface area contributed by atoms with Crippen LogP contribution in [0.4, 0.5) is 0 Å². The van der Waals surface area contributed by atoms with Crippen LogP contribution in [0.5, 0.6) is 5.75 Å². The molecule has 82 valence electrons. The molecule has 0 saturated carbocycles. The van der Waals surface area contributed by atoms with Gasteiger partial charge in [-0.3, -0.25) is 4.79 Å². The molecule has 1 aromatic rings. The molecule has 3 nitrogen and oxygen atoms in total. The molecule has 1 unspecified atom stereocenters. The van der Waals surface area contributed by atoms with Crippen LogP contribution in [0.15, 0.2) is 24.3 Å². The van der Waals surface area contributed by atoms with Gasteiger partial charge in [-0.05, 0) is 19.2 Å². The van der Waals surface area contributed by atoms with E-state index in [0.29, 0.717) is 12.2 Å². The van der Waals surface area contributed by atoms with Crippen LogP contribution < -0.4 is 0 Å². The fourth-order valence-electron chi connectivity index (χ4n) is 1.28. The van der Waals surface area contributed by atoms with Crippen LogP contribution in [0.1, 0.15) is 17.7 Å². The maximum absolute atomic E-state index is 11.6. The van der Waals surface area contributed by atoms with E-state index in [4.69, 9.17) is 4.74 Å². The molecule has 1 atom stereocenters. The van der Waals surface area contributed by atoms with E-state index in [2.05, 4.69) is 0 Å². The highest BCUT2D eigenvalue weighted by molar-refractivity contribution is 7.99. The summed E-state index contributed by atoms with van der Waals surface area (Å²) in [6.07, 6.45) is 1.81. The lowest BCUT2D eigenvalue weighted by atomic mass is 10.1. The summed E-state index contributed by atoms with van der Waals surface area (Å²) in [6, 6.07) is 6.81. The Labute approximate surface area is 93.4 Å². The molecule has 1 N–H and O–H groups in total. The van der Waals surface area contributed by atoms with E-state index < -0.39 is 5.25 Å². The summed E-state index contributed by atoms with van der Waals surface area (Å²) in [6.45, 7) is 2.11. The lowest BCUT2D eigenvalue weighted by Crippen LogP contribution is -2.13. The highest BCUT2D eigenvalue weighted by atomic mass is 32.2. The lowest BCUT2D eigenvalue weighted by Gasteiger charge is -2.14. The second-order valence-electron chi connectivity index (χ2n) is 2.93. The van der Waals surface area contributed by atoms with Gasteiger partial charge < -0.3 is 9.84 Å². The van der Waals surface area contributed by atoms with Crippen LogP contribution in [0.25, 0.3) is 0 Å². The van der Waals surface area contributed by atoms with Crippen molar-refractivity contribution < 1.29 is 14.6 Å². The van der Waals surface area contributed by atoms with Gasteiger partial charge >= 0.3 is 5.97 Å². The normalized spacial score (nSPS) is 12.1. The Balaban J connectivity index is 2.92. The number of benzene rings is 1. The second kappa shape index (κ2) is 5.66. The van der Waals surface area contributed by atoms with Crippen LogP contribution in [-0.4, -0.2) is 23.9 Å². The first-order chi connectivity index (χ1) is 7.20. The lowest BCUT2D eigenvalue weighted by molar-refractivity contribution is -0.142. The van der Waals surface area contributed by atoms with Crippen molar-refractivity contribution in [2.75, 3.05) is 12.9 Å². The summed E-state index contributed by atoms with van der Waals surface area (Å²) < 4.78 is 4.93. The molecule has 0 spiro atoms. The Morgan fingerprint density at radius 3 is 2.73 bits per heavy atom. The molecule has 0 radical (unpaired) electrons. The molecule has 4 heteroatoms. The number of rotatable bonds is 4. The molecular weight excluding hydrogens is 212 g/mol. The number of carbonyl (C=O) groups is 1. The van der Waals surface area contributed by atoms with E-state index in [1.54, 1.807) is 31.2 Å². The monoisotopic (exact) mass is 226 g/mol. The Bertz CT molecular complexity index is 338. The summed E-state index contributed by atoms with van der Waals surface area (Å²) in [4.78, 5) is 11.6. The summed E-state index contributed by atoms with van der Waals surface area (Å²) in [5.74, 6) is -0.184. The van der Waals surface area contributed by atoms with Gasteiger partial charge in [-0.15, -0.1) is 11.8 Å². The summed E-state index contributed by atoms with van der Waals surface area (Å²) in [5.41, 5.74) is 0.600. The maximum atomic E-state index is 11.6. The van der Waals surface area contributed by atoms with Crippen LogP contribution in [-0.2, 0) is 9.53 Å². The van der Waals surface area contributed by atoms with E-state index in [9.17, 15) is 9.90 Å². The summed E-state index contributed by atoms with van der Waals surface area (Å²) in [5, 5.41) is 9.16. The number of phenolic OH excluding ortho intramolecular Hbond substituents is 1. The number of esters is 1. The first-order valence-electron chi connectivity index (χ1n) is 4.68. The Morgan fingerprint density at radius 2 is 2.20 bits per heavy atom. The van der Waals surface area contributed by atoms with E-state index in [1.165, 1.54) is 11.8 Å². The zero-order valence-electron chi connectivity index (χ0n) is 8.77. The molecule has 0 aliphatic heterocycles. The fourth-order valence-corrected chi connectivity index (χ4v) is 1.99. The van der Waals surface area contributed by atoms with Gasteiger partial charge in [0.15, 0.2) is 0 Å². The molecule has 0 saturated heterocycles. The number of para-hydroxylation sites is 1. The predicted octanol–water partition coefficient (Wildman–Crippen LogP) is 2.36. The first kappa shape index (κ1) is 11.9. The quantitative estimate of drug-likeness (QED) is 0.801. The molecule has 1 rings (SSSR count). The Kier molecular flexibility index (Phi) is 4.49. The number of thioether (sulfide) groups is 1. The number of hydrogen-bond acceptors (Lipinski definition) is 4. The van der Waals surface area contributed by atoms with Gasteiger partial charge in [0.2, 0.25) is 0 Å². The minimum atomic E-state index is -0.453. The van der Waals surface area contributed by atoms with Crippen molar-refractivity contribution in [1.82, 2.24) is 0 Å². The van der Waals surface area contributed by atoms with Crippen LogP contribution in [0.2, 0.25) is 0 Å². The van der Waals surface area contributed by atoms with Crippen LogP contribution in [0.3, 0.4) is 0 Å². The Hall–Kier alpha value is -1.16.